The molecule has 0 radical (unpaired) electrons. The predicted molar refractivity (Wildman–Crippen MR) is 74.0 cm³/mol. The first-order valence-electron chi connectivity index (χ1n) is 6.03. The van der Waals surface area contributed by atoms with Crippen LogP contribution in [0.2, 0.25) is 0 Å². The Morgan fingerprint density at radius 3 is 2.84 bits per heavy atom. The lowest BCUT2D eigenvalue weighted by Gasteiger charge is -2.11. The summed E-state index contributed by atoms with van der Waals surface area (Å²) in [5.41, 5.74) is 7.57. The number of nitrogen functional groups attached to an aromatic ring is 1. The zero-order valence-electron chi connectivity index (χ0n) is 11.4. The van der Waals surface area contributed by atoms with Crippen molar-refractivity contribution in [2.24, 2.45) is 0 Å². The lowest BCUT2D eigenvalue weighted by Crippen LogP contribution is -2.23. The highest BCUT2D eigenvalue weighted by molar-refractivity contribution is 5.80. The van der Waals surface area contributed by atoms with E-state index in [4.69, 9.17) is 10.5 Å². The third-order valence-corrected chi connectivity index (χ3v) is 3.03. The molecule has 0 atom stereocenters. The summed E-state index contributed by atoms with van der Waals surface area (Å²) in [5.74, 6) is 1.21. The summed E-state index contributed by atoms with van der Waals surface area (Å²) >= 11 is 0. The molecular formula is C13H18N4O2. The van der Waals surface area contributed by atoms with Gasteiger partial charge < -0.3 is 19.9 Å². The van der Waals surface area contributed by atoms with Gasteiger partial charge in [0.25, 0.3) is 0 Å². The molecule has 19 heavy (non-hydrogen) atoms. The van der Waals surface area contributed by atoms with Crippen molar-refractivity contribution in [3.63, 3.8) is 0 Å². The van der Waals surface area contributed by atoms with Gasteiger partial charge in [-0.25, -0.2) is 4.98 Å². The van der Waals surface area contributed by atoms with E-state index in [1.54, 1.807) is 26.1 Å². The lowest BCUT2D eigenvalue weighted by atomic mass is 10.3. The van der Waals surface area contributed by atoms with Crippen molar-refractivity contribution in [1.82, 2.24) is 14.5 Å². The first-order chi connectivity index (χ1) is 9.02. The number of amides is 1. The van der Waals surface area contributed by atoms with Crippen LogP contribution in [0, 0.1) is 0 Å². The molecule has 2 aromatic rings. The number of hydrogen-bond acceptors (Lipinski definition) is 4. The van der Waals surface area contributed by atoms with Gasteiger partial charge in [-0.3, -0.25) is 4.79 Å². The fourth-order valence-corrected chi connectivity index (χ4v) is 1.91. The van der Waals surface area contributed by atoms with Crippen LogP contribution in [0.1, 0.15) is 6.42 Å². The molecule has 0 fully saturated rings. The van der Waals surface area contributed by atoms with Crippen LogP contribution in [0.3, 0.4) is 0 Å². The number of rotatable bonds is 4. The van der Waals surface area contributed by atoms with Gasteiger partial charge in [-0.2, -0.15) is 0 Å². The molecule has 0 unspecified atom stereocenters. The second-order valence-electron chi connectivity index (χ2n) is 4.51. The number of hydrogen-bond donors (Lipinski definition) is 1. The minimum absolute atomic E-state index is 0.0594. The second-order valence-corrected chi connectivity index (χ2v) is 4.51. The maximum atomic E-state index is 11.6. The van der Waals surface area contributed by atoms with Gasteiger partial charge in [-0.15, -0.1) is 0 Å². The number of aromatic nitrogens is 2. The molecule has 102 valence electrons. The minimum atomic E-state index is 0.0594. The third kappa shape index (κ3) is 2.62. The highest BCUT2D eigenvalue weighted by atomic mass is 16.5. The average Bonchev–Trinajstić information content (AvgIpc) is 2.70. The smallest absolute Gasteiger partial charge is 0.223 e. The molecule has 6 heteroatoms. The Bertz CT molecular complexity index is 604. The number of anilines is 1. The van der Waals surface area contributed by atoms with Crippen molar-refractivity contribution in [3.8, 4) is 5.75 Å². The van der Waals surface area contributed by atoms with E-state index in [0.717, 1.165) is 16.8 Å². The van der Waals surface area contributed by atoms with Crippen LogP contribution in [0.25, 0.3) is 11.0 Å². The van der Waals surface area contributed by atoms with E-state index in [1.807, 2.05) is 22.8 Å². The van der Waals surface area contributed by atoms with Gasteiger partial charge in [-0.05, 0) is 12.1 Å². The number of benzene rings is 1. The lowest BCUT2D eigenvalue weighted by molar-refractivity contribution is -0.128. The monoisotopic (exact) mass is 262 g/mol. The Kier molecular flexibility index (Phi) is 3.59. The number of methoxy groups -OCH3 is 1. The van der Waals surface area contributed by atoms with Crippen molar-refractivity contribution in [3.05, 3.63) is 18.2 Å². The van der Waals surface area contributed by atoms with E-state index in [-0.39, 0.29) is 5.91 Å². The van der Waals surface area contributed by atoms with Crippen molar-refractivity contribution in [2.45, 2.75) is 13.0 Å². The molecule has 6 nitrogen and oxygen atoms in total. The Morgan fingerprint density at radius 2 is 2.21 bits per heavy atom. The fourth-order valence-electron chi connectivity index (χ4n) is 1.91. The molecule has 1 amide bonds. The molecule has 0 aliphatic carbocycles. The van der Waals surface area contributed by atoms with Crippen LogP contribution in [-0.2, 0) is 11.3 Å². The minimum Gasteiger partial charge on any atom is -0.497 e. The second kappa shape index (κ2) is 5.17. The zero-order chi connectivity index (χ0) is 14.0. The SMILES string of the molecule is COc1ccc2nc(N)n(CCC(=O)N(C)C)c2c1. The summed E-state index contributed by atoms with van der Waals surface area (Å²) in [6.45, 7) is 0.506. The van der Waals surface area contributed by atoms with E-state index >= 15 is 0 Å². The summed E-state index contributed by atoms with van der Waals surface area (Å²) in [7, 11) is 5.09. The summed E-state index contributed by atoms with van der Waals surface area (Å²) in [6.07, 6.45) is 0.389. The Balaban J connectivity index is 2.31. The molecule has 2 N–H and O–H groups in total. The van der Waals surface area contributed by atoms with E-state index in [2.05, 4.69) is 4.98 Å². The van der Waals surface area contributed by atoms with Crippen LogP contribution in [-0.4, -0.2) is 41.6 Å². The average molecular weight is 262 g/mol. The van der Waals surface area contributed by atoms with Gasteiger partial charge >= 0.3 is 0 Å². The van der Waals surface area contributed by atoms with Crippen LogP contribution >= 0.6 is 0 Å². The number of imidazole rings is 1. The van der Waals surface area contributed by atoms with Crippen LogP contribution in [0.5, 0.6) is 5.75 Å². The molecule has 1 aromatic carbocycles. The molecule has 0 aliphatic heterocycles. The molecule has 0 bridgehead atoms. The van der Waals surface area contributed by atoms with Crippen molar-refractivity contribution < 1.29 is 9.53 Å². The highest BCUT2D eigenvalue weighted by Gasteiger charge is 2.11. The maximum Gasteiger partial charge on any atom is 0.223 e. The van der Waals surface area contributed by atoms with Crippen LogP contribution in [0.4, 0.5) is 5.95 Å². The summed E-state index contributed by atoms with van der Waals surface area (Å²) < 4.78 is 7.03. The number of carbonyl (C=O) groups is 1. The van der Waals surface area contributed by atoms with E-state index < -0.39 is 0 Å². The molecule has 0 saturated heterocycles. The quantitative estimate of drug-likeness (QED) is 0.895. The first kappa shape index (κ1) is 13.2. The van der Waals surface area contributed by atoms with Gasteiger partial charge in [0.05, 0.1) is 18.1 Å². The van der Waals surface area contributed by atoms with Crippen molar-refractivity contribution in [2.75, 3.05) is 26.9 Å². The zero-order valence-corrected chi connectivity index (χ0v) is 11.4. The molecule has 1 aromatic heterocycles. The van der Waals surface area contributed by atoms with E-state index in [9.17, 15) is 4.79 Å². The van der Waals surface area contributed by atoms with Gasteiger partial charge in [0.2, 0.25) is 11.9 Å². The number of nitrogens with two attached hydrogens (primary N) is 1. The van der Waals surface area contributed by atoms with E-state index in [1.165, 1.54) is 0 Å². The van der Waals surface area contributed by atoms with Gasteiger partial charge in [0, 0.05) is 33.1 Å². The number of aryl methyl sites for hydroxylation is 1. The normalized spacial score (nSPS) is 10.7. The van der Waals surface area contributed by atoms with Gasteiger partial charge in [-0.1, -0.05) is 0 Å². The largest absolute Gasteiger partial charge is 0.497 e. The van der Waals surface area contributed by atoms with Crippen LogP contribution in [0.15, 0.2) is 18.2 Å². The molecule has 0 aliphatic rings. The van der Waals surface area contributed by atoms with E-state index in [0.29, 0.717) is 18.9 Å². The number of ether oxygens (including phenoxy) is 1. The topological polar surface area (TPSA) is 73.4 Å². The molecular weight excluding hydrogens is 244 g/mol. The third-order valence-electron chi connectivity index (χ3n) is 3.03. The van der Waals surface area contributed by atoms with Crippen molar-refractivity contribution >= 4 is 22.9 Å². The van der Waals surface area contributed by atoms with Crippen LogP contribution < -0.4 is 10.5 Å². The molecule has 1 heterocycles. The fraction of sp³-hybridized carbons (Fsp3) is 0.385. The Morgan fingerprint density at radius 1 is 1.47 bits per heavy atom. The molecule has 0 saturated carbocycles. The molecule has 2 rings (SSSR count). The van der Waals surface area contributed by atoms with Crippen molar-refractivity contribution in [1.29, 1.82) is 0 Å². The highest BCUT2D eigenvalue weighted by Crippen LogP contribution is 2.23. The summed E-state index contributed by atoms with van der Waals surface area (Å²) in [4.78, 5) is 17.5. The Hall–Kier alpha value is -2.24. The summed E-state index contributed by atoms with van der Waals surface area (Å²) in [5, 5.41) is 0. The molecule has 0 spiro atoms. The maximum absolute atomic E-state index is 11.6. The standard InChI is InChI=1S/C13H18N4O2/c1-16(2)12(18)6-7-17-11-8-9(19-3)4-5-10(11)15-13(17)14/h4-5,8H,6-7H2,1-3H3,(H2,14,15). The predicted octanol–water partition coefficient (Wildman–Crippen LogP) is 1.11. The van der Waals surface area contributed by atoms with Gasteiger partial charge in [0.15, 0.2) is 0 Å². The summed E-state index contributed by atoms with van der Waals surface area (Å²) in [6, 6.07) is 5.57. The first-order valence-corrected chi connectivity index (χ1v) is 6.03. The van der Waals surface area contributed by atoms with Gasteiger partial charge in [0.1, 0.15) is 5.75 Å². The number of fused-ring (bicyclic) bond motifs is 1. The Labute approximate surface area is 111 Å². The number of carbonyl (C=O) groups excluding carboxylic acids is 1. The number of nitrogens with zero attached hydrogens (tertiary/aromatic N) is 3.